The highest BCUT2D eigenvalue weighted by Gasteiger charge is 2.25. The van der Waals surface area contributed by atoms with Crippen molar-refractivity contribution < 1.29 is 19.2 Å². The lowest BCUT2D eigenvalue weighted by atomic mass is 10.1. The van der Waals surface area contributed by atoms with Crippen molar-refractivity contribution in [1.82, 2.24) is 0 Å². The van der Waals surface area contributed by atoms with E-state index >= 15 is 0 Å². The van der Waals surface area contributed by atoms with Gasteiger partial charge < -0.3 is 10.1 Å². The SMILES string of the molecule is CC(=O)OC(C(=O)Nc1ccccc1[N+](=O)[O-])c1ccccc1. The summed E-state index contributed by atoms with van der Waals surface area (Å²) in [4.78, 5) is 34.1. The Morgan fingerprint density at radius 3 is 2.30 bits per heavy atom. The Morgan fingerprint density at radius 2 is 1.70 bits per heavy atom. The summed E-state index contributed by atoms with van der Waals surface area (Å²) < 4.78 is 5.05. The number of rotatable bonds is 5. The maximum atomic E-state index is 12.4. The first-order chi connectivity index (χ1) is 11.0. The average Bonchev–Trinajstić information content (AvgIpc) is 2.53. The number of amides is 1. The van der Waals surface area contributed by atoms with Crippen LogP contribution in [-0.4, -0.2) is 16.8 Å². The number of benzene rings is 2. The lowest BCUT2D eigenvalue weighted by Crippen LogP contribution is -2.25. The van der Waals surface area contributed by atoms with Gasteiger partial charge in [0.15, 0.2) is 0 Å². The number of hydrogen-bond donors (Lipinski definition) is 1. The summed E-state index contributed by atoms with van der Waals surface area (Å²) in [6, 6.07) is 14.2. The third-order valence-corrected chi connectivity index (χ3v) is 2.98. The first-order valence-corrected chi connectivity index (χ1v) is 6.75. The van der Waals surface area contributed by atoms with Gasteiger partial charge >= 0.3 is 5.97 Å². The molecule has 1 N–H and O–H groups in total. The number of para-hydroxylation sites is 2. The minimum atomic E-state index is -1.19. The second-order valence-corrected chi connectivity index (χ2v) is 4.66. The van der Waals surface area contributed by atoms with E-state index in [1.54, 1.807) is 36.4 Å². The topological polar surface area (TPSA) is 98.5 Å². The molecule has 2 aromatic rings. The molecule has 0 fully saturated rings. The maximum Gasteiger partial charge on any atom is 0.303 e. The van der Waals surface area contributed by atoms with Crippen molar-refractivity contribution in [3.63, 3.8) is 0 Å². The molecular formula is C16H14N2O5. The predicted molar refractivity (Wildman–Crippen MR) is 82.7 cm³/mol. The molecule has 2 rings (SSSR count). The first-order valence-electron chi connectivity index (χ1n) is 6.75. The fourth-order valence-corrected chi connectivity index (χ4v) is 2.00. The van der Waals surface area contributed by atoms with Crippen molar-refractivity contribution in [3.05, 3.63) is 70.3 Å². The van der Waals surface area contributed by atoms with Gasteiger partial charge in [-0.1, -0.05) is 42.5 Å². The summed E-state index contributed by atoms with van der Waals surface area (Å²) in [5, 5.41) is 13.4. The van der Waals surface area contributed by atoms with E-state index in [2.05, 4.69) is 5.32 Å². The largest absolute Gasteiger partial charge is 0.447 e. The van der Waals surface area contributed by atoms with Gasteiger partial charge in [0, 0.05) is 18.6 Å². The zero-order valence-corrected chi connectivity index (χ0v) is 12.3. The Balaban J connectivity index is 2.29. The predicted octanol–water partition coefficient (Wildman–Crippen LogP) is 2.84. The first kappa shape index (κ1) is 16.2. The molecule has 0 aliphatic heterocycles. The second-order valence-electron chi connectivity index (χ2n) is 4.66. The monoisotopic (exact) mass is 314 g/mol. The van der Waals surface area contributed by atoms with Crippen molar-refractivity contribution >= 4 is 23.3 Å². The standard InChI is InChI=1S/C16H14N2O5/c1-11(19)23-15(12-7-3-2-4-8-12)16(20)17-13-9-5-6-10-14(13)18(21)22/h2-10,15H,1H3,(H,17,20). The van der Waals surface area contributed by atoms with E-state index in [1.165, 1.54) is 25.1 Å². The van der Waals surface area contributed by atoms with E-state index in [0.717, 1.165) is 0 Å². The van der Waals surface area contributed by atoms with Crippen molar-refractivity contribution in [2.45, 2.75) is 13.0 Å². The highest BCUT2D eigenvalue weighted by atomic mass is 16.6. The smallest absolute Gasteiger partial charge is 0.303 e. The number of hydrogen-bond acceptors (Lipinski definition) is 5. The van der Waals surface area contributed by atoms with Crippen LogP contribution in [0.4, 0.5) is 11.4 Å². The van der Waals surface area contributed by atoms with Gasteiger partial charge in [0.05, 0.1) is 4.92 Å². The number of carbonyl (C=O) groups excluding carboxylic acids is 2. The van der Waals surface area contributed by atoms with Crippen molar-refractivity contribution in [2.75, 3.05) is 5.32 Å². The molecule has 0 radical (unpaired) electrons. The molecule has 0 spiro atoms. The van der Waals surface area contributed by atoms with Gasteiger partial charge in [0.2, 0.25) is 6.10 Å². The lowest BCUT2D eigenvalue weighted by molar-refractivity contribution is -0.383. The molecule has 2 aromatic carbocycles. The summed E-state index contributed by atoms with van der Waals surface area (Å²) in [6.07, 6.45) is -1.19. The quantitative estimate of drug-likeness (QED) is 0.520. The maximum absolute atomic E-state index is 12.4. The summed E-state index contributed by atoms with van der Waals surface area (Å²) >= 11 is 0. The highest BCUT2D eigenvalue weighted by molar-refractivity contribution is 5.97. The molecule has 0 aromatic heterocycles. The highest BCUT2D eigenvalue weighted by Crippen LogP contribution is 2.26. The second kappa shape index (κ2) is 7.17. The van der Waals surface area contributed by atoms with Crippen LogP contribution in [0.5, 0.6) is 0 Å². The van der Waals surface area contributed by atoms with E-state index in [9.17, 15) is 19.7 Å². The summed E-state index contributed by atoms with van der Waals surface area (Å²) in [6.45, 7) is 1.19. The van der Waals surface area contributed by atoms with Gasteiger partial charge in [-0.15, -0.1) is 0 Å². The molecule has 1 atom stereocenters. The zero-order valence-electron chi connectivity index (χ0n) is 12.3. The van der Waals surface area contributed by atoms with Gasteiger partial charge in [-0.25, -0.2) is 0 Å². The lowest BCUT2D eigenvalue weighted by Gasteiger charge is -2.17. The molecule has 118 valence electrons. The van der Waals surface area contributed by atoms with Crippen LogP contribution >= 0.6 is 0 Å². The number of nitrogens with zero attached hydrogens (tertiary/aromatic N) is 1. The number of nitro groups is 1. The fraction of sp³-hybridized carbons (Fsp3) is 0.125. The number of anilines is 1. The minimum Gasteiger partial charge on any atom is -0.447 e. The van der Waals surface area contributed by atoms with Crippen LogP contribution in [0.2, 0.25) is 0 Å². The number of nitrogens with one attached hydrogen (secondary N) is 1. The average molecular weight is 314 g/mol. The third kappa shape index (κ3) is 4.13. The number of carbonyl (C=O) groups is 2. The van der Waals surface area contributed by atoms with E-state index in [1.807, 2.05) is 0 Å². The fourth-order valence-electron chi connectivity index (χ4n) is 2.00. The van der Waals surface area contributed by atoms with Crippen molar-refractivity contribution in [3.8, 4) is 0 Å². The number of ether oxygens (including phenoxy) is 1. The molecule has 23 heavy (non-hydrogen) atoms. The number of esters is 1. The molecule has 1 amide bonds. The van der Waals surface area contributed by atoms with E-state index in [0.29, 0.717) is 5.56 Å². The van der Waals surface area contributed by atoms with Crippen LogP contribution in [0.3, 0.4) is 0 Å². The summed E-state index contributed by atoms with van der Waals surface area (Å²) in [5.41, 5.74) is 0.268. The van der Waals surface area contributed by atoms with Crippen LogP contribution in [-0.2, 0) is 14.3 Å². The van der Waals surface area contributed by atoms with E-state index in [4.69, 9.17) is 4.74 Å². The van der Waals surface area contributed by atoms with Gasteiger partial charge in [-0.3, -0.25) is 19.7 Å². The Kier molecular flexibility index (Phi) is 5.03. The van der Waals surface area contributed by atoms with Crippen LogP contribution < -0.4 is 5.32 Å². The molecule has 0 saturated heterocycles. The molecule has 7 nitrogen and oxygen atoms in total. The zero-order chi connectivity index (χ0) is 16.8. The summed E-state index contributed by atoms with van der Waals surface area (Å²) in [5.74, 6) is -1.29. The molecule has 0 heterocycles. The Bertz CT molecular complexity index is 730. The van der Waals surface area contributed by atoms with Gasteiger partial charge in [0.25, 0.3) is 11.6 Å². The van der Waals surface area contributed by atoms with Crippen molar-refractivity contribution in [1.29, 1.82) is 0 Å². The Labute approximate surface area is 132 Å². The molecule has 0 aliphatic rings. The third-order valence-electron chi connectivity index (χ3n) is 2.98. The van der Waals surface area contributed by atoms with Crippen LogP contribution in [0, 0.1) is 10.1 Å². The molecule has 0 saturated carbocycles. The molecule has 0 bridgehead atoms. The van der Waals surface area contributed by atoms with Gasteiger partial charge in [0.1, 0.15) is 5.69 Å². The van der Waals surface area contributed by atoms with Gasteiger partial charge in [-0.05, 0) is 6.07 Å². The van der Waals surface area contributed by atoms with Crippen molar-refractivity contribution in [2.24, 2.45) is 0 Å². The van der Waals surface area contributed by atoms with Crippen LogP contribution in [0.1, 0.15) is 18.6 Å². The molecule has 0 aliphatic carbocycles. The molecule has 7 heteroatoms. The molecule has 1 unspecified atom stereocenters. The Hall–Kier alpha value is -3.22. The van der Waals surface area contributed by atoms with Crippen LogP contribution in [0.25, 0.3) is 0 Å². The van der Waals surface area contributed by atoms with E-state index in [-0.39, 0.29) is 11.4 Å². The van der Waals surface area contributed by atoms with Crippen LogP contribution in [0.15, 0.2) is 54.6 Å². The number of nitro benzene ring substituents is 1. The van der Waals surface area contributed by atoms with E-state index < -0.39 is 22.9 Å². The minimum absolute atomic E-state index is 0.0376. The van der Waals surface area contributed by atoms with Gasteiger partial charge in [-0.2, -0.15) is 0 Å². The summed E-state index contributed by atoms with van der Waals surface area (Å²) in [7, 11) is 0. The molecular weight excluding hydrogens is 300 g/mol. The normalized spacial score (nSPS) is 11.3. The Morgan fingerprint density at radius 1 is 1.09 bits per heavy atom.